The zero-order valence-electron chi connectivity index (χ0n) is 11.8. The van der Waals surface area contributed by atoms with Gasteiger partial charge in [0, 0.05) is 36.7 Å². The molecule has 102 valence electrons. The minimum Gasteiger partial charge on any atom is -0.348 e. The highest BCUT2D eigenvalue weighted by molar-refractivity contribution is 5.82. The van der Waals surface area contributed by atoms with Crippen LogP contribution in [0.2, 0.25) is 0 Å². The van der Waals surface area contributed by atoms with E-state index in [0.717, 1.165) is 12.0 Å². The van der Waals surface area contributed by atoms with Gasteiger partial charge < -0.3 is 15.2 Å². The summed E-state index contributed by atoms with van der Waals surface area (Å²) in [5.41, 5.74) is 3.57. The van der Waals surface area contributed by atoms with Crippen LogP contribution >= 0.6 is 0 Å². The van der Waals surface area contributed by atoms with E-state index in [9.17, 15) is 4.79 Å². The van der Waals surface area contributed by atoms with Gasteiger partial charge in [0.25, 0.3) is 0 Å². The molecular formula is C15H21N3O. The molecule has 0 aliphatic heterocycles. The summed E-state index contributed by atoms with van der Waals surface area (Å²) in [6, 6.07) is 8.34. The van der Waals surface area contributed by atoms with Crippen molar-refractivity contribution in [3.63, 3.8) is 0 Å². The second kappa shape index (κ2) is 5.78. The highest BCUT2D eigenvalue weighted by Gasteiger charge is 2.04. The van der Waals surface area contributed by atoms with Gasteiger partial charge in [0.1, 0.15) is 0 Å². The van der Waals surface area contributed by atoms with Gasteiger partial charge in [-0.25, -0.2) is 4.79 Å². The second-order valence-electron chi connectivity index (χ2n) is 4.85. The maximum absolute atomic E-state index is 11.5. The second-order valence-corrected chi connectivity index (χ2v) is 4.85. The van der Waals surface area contributed by atoms with Crippen molar-refractivity contribution in [1.29, 1.82) is 0 Å². The number of carbonyl (C=O) groups excluding carboxylic acids is 1. The fourth-order valence-corrected chi connectivity index (χ4v) is 2.13. The Morgan fingerprint density at radius 1 is 1.26 bits per heavy atom. The lowest BCUT2D eigenvalue weighted by Gasteiger charge is -2.07. The summed E-state index contributed by atoms with van der Waals surface area (Å²) in [4.78, 5) is 11.5. The molecule has 2 aromatic rings. The van der Waals surface area contributed by atoms with Crippen molar-refractivity contribution in [3.05, 3.63) is 35.5 Å². The molecule has 2 N–H and O–H groups in total. The summed E-state index contributed by atoms with van der Waals surface area (Å²) < 4.78 is 2.17. The first-order valence-corrected chi connectivity index (χ1v) is 6.68. The fourth-order valence-electron chi connectivity index (χ4n) is 2.13. The average molecular weight is 259 g/mol. The minimum absolute atomic E-state index is 0.105. The number of aromatic nitrogens is 1. The van der Waals surface area contributed by atoms with Crippen molar-refractivity contribution >= 4 is 16.9 Å². The van der Waals surface area contributed by atoms with Crippen LogP contribution in [0.25, 0.3) is 10.9 Å². The van der Waals surface area contributed by atoms with Crippen LogP contribution in [0, 0.1) is 6.92 Å². The SMILES string of the molecule is CCCNC(=O)NCc1ccc2c(c1)cc(C)n2C. The predicted molar refractivity (Wildman–Crippen MR) is 78.2 cm³/mol. The van der Waals surface area contributed by atoms with Gasteiger partial charge in [-0.1, -0.05) is 13.0 Å². The van der Waals surface area contributed by atoms with Crippen molar-refractivity contribution in [2.45, 2.75) is 26.8 Å². The van der Waals surface area contributed by atoms with Crippen LogP contribution in [0.3, 0.4) is 0 Å². The molecule has 0 bridgehead atoms. The summed E-state index contributed by atoms with van der Waals surface area (Å²) in [7, 11) is 2.06. The van der Waals surface area contributed by atoms with Crippen LogP contribution in [-0.4, -0.2) is 17.1 Å². The third-order valence-electron chi connectivity index (χ3n) is 3.34. The van der Waals surface area contributed by atoms with E-state index in [1.807, 2.05) is 6.92 Å². The Balaban J connectivity index is 2.03. The number of fused-ring (bicyclic) bond motifs is 1. The van der Waals surface area contributed by atoms with Gasteiger partial charge in [-0.2, -0.15) is 0 Å². The van der Waals surface area contributed by atoms with Crippen molar-refractivity contribution < 1.29 is 4.79 Å². The van der Waals surface area contributed by atoms with E-state index in [2.05, 4.69) is 53.4 Å². The zero-order valence-corrected chi connectivity index (χ0v) is 11.8. The number of hydrogen-bond donors (Lipinski definition) is 2. The van der Waals surface area contributed by atoms with Crippen molar-refractivity contribution in [2.24, 2.45) is 7.05 Å². The number of benzene rings is 1. The molecule has 0 spiro atoms. The van der Waals surface area contributed by atoms with E-state index in [0.29, 0.717) is 13.1 Å². The van der Waals surface area contributed by atoms with Crippen molar-refractivity contribution in [3.8, 4) is 0 Å². The normalized spacial score (nSPS) is 10.7. The third kappa shape index (κ3) is 3.08. The van der Waals surface area contributed by atoms with E-state index in [4.69, 9.17) is 0 Å². The zero-order chi connectivity index (χ0) is 13.8. The number of carbonyl (C=O) groups is 1. The maximum atomic E-state index is 11.5. The quantitative estimate of drug-likeness (QED) is 0.871. The van der Waals surface area contributed by atoms with Crippen molar-refractivity contribution in [1.82, 2.24) is 15.2 Å². The van der Waals surface area contributed by atoms with E-state index in [1.165, 1.54) is 16.6 Å². The third-order valence-corrected chi connectivity index (χ3v) is 3.34. The molecule has 0 atom stereocenters. The molecule has 4 nitrogen and oxygen atoms in total. The van der Waals surface area contributed by atoms with E-state index in [1.54, 1.807) is 0 Å². The standard InChI is InChI=1S/C15H21N3O/c1-4-7-16-15(19)17-10-12-5-6-14-13(9-12)8-11(2)18(14)3/h5-6,8-9H,4,7,10H2,1-3H3,(H2,16,17,19). The summed E-state index contributed by atoms with van der Waals surface area (Å²) in [5, 5.41) is 6.88. The number of nitrogens with one attached hydrogen (secondary N) is 2. The van der Waals surface area contributed by atoms with Crippen LogP contribution in [0.5, 0.6) is 0 Å². The first-order chi connectivity index (χ1) is 9.11. The smallest absolute Gasteiger partial charge is 0.315 e. The maximum Gasteiger partial charge on any atom is 0.315 e. The molecule has 2 amide bonds. The molecule has 0 saturated carbocycles. The molecule has 4 heteroatoms. The Morgan fingerprint density at radius 2 is 2.05 bits per heavy atom. The number of rotatable bonds is 4. The van der Waals surface area contributed by atoms with E-state index in [-0.39, 0.29) is 6.03 Å². The largest absolute Gasteiger partial charge is 0.348 e. The summed E-state index contributed by atoms with van der Waals surface area (Å²) in [6.07, 6.45) is 0.947. The number of amides is 2. The Bertz CT molecular complexity index is 586. The highest BCUT2D eigenvalue weighted by Crippen LogP contribution is 2.19. The molecule has 0 fully saturated rings. The van der Waals surface area contributed by atoms with Crippen LogP contribution in [0.15, 0.2) is 24.3 Å². The number of nitrogens with zero attached hydrogens (tertiary/aromatic N) is 1. The molecule has 1 aromatic carbocycles. The first kappa shape index (κ1) is 13.5. The first-order valence-electron chi connectivity index (χ1n) is 6.68. The molecule has 0 aliphatic rings. The lowest BCUT2D eigenvalue weighted by molar-refractivity contribution is 0.240. The number of aryl methyl sites for hydroxylation is 2. The van der Waals surface area contributed by atoms with Gasteiger partial charge in [-0.15, -0.1) is 0 Å². The van der Waals surface area contributed by atoms with Gasteiger partial charge in [-0.3, -0.25) is 0 Å². The summed E-state index contributed by atoms with van der Waals surface area (Å²) in [6.45, 7) is 5.39. The Kier molecular flexibility index (Phi) is 4.10. The molecular weight excluding hydrogens is 238 g/mol. The van der Waals surface area contributed by atoms with Gasteiger partial charge in [0.05, 0.1) is 0 Å². The molecule has 0 unspecified atom stereocenters. The summed E-state index contributed by atoms with van der Waals surface area (Å²) in [5.74, 6) is 0. The molecule has 19 heavy (non-hydrogen) atoms. The van der Waals surface area contributed by atoms with Crippen LogP contribution in [-0.2, 0) is 13.6 Å². The lowest BCUT2D eigenvalue weighted by Crippen LogP contribution is -2.35. The molecule has 2 rings (SSSR count). The molecule has 0 radical (unpaired) electrons. The molecule has 0 aliphatic carbocycles. The Morgan fingerprint density at radius 3 is 2.79 bits per heavy atom. The molecule has 0 saturated heterocycles. The monoisotopic (exact) mass is 259 g/mol. The van der Waals surface area contributed by atoms with Crippen LogP contribution in [0.4, 0.5) is 4.79 Å². The van der Waals surface area contributed by atoms with Gasteiger partial charge >= 0.3 is 6.03 Å². The number of hydrogen-bond acceptors (Lipinski definition) is 1. The molecule has 1 heterocycles. The fraction of sp³-hybridized carbons (Fsp3) is 0.400. The average Bonchev–Trinajstić information content (AvgIpc) is 2.69. The van der Waals surface area contributed by atoms with Crippen molar-refractivity contribution in [2.75, 3.05) is 6.54 Å². The Labute approximate surface area is 113 Å². The Hall–Kier alpha value is -1.97. The minimum atomic E-state index is -0.105. The van der Waals surface area contributed by atoms with Gasteiger partial charge in [-0.05, 0) is 37.1 Å². The summed E-state index contributed by atoms with van der Waals surface area (Å²) >= 11 is 0. The predicted octanol–water partition coefficient (Wildman–Crippen LogP) is 2.70. The van der Waals surface area contributed by atoms with E-state index >= 15 is 0 Å². The van der Waals surface area contributed by atoms with Gasteiger partial charge in [0.2, 0.25) is 0 Å². The molecule has 1 aromatic heterocycles. The highest BCUT2D eigenvalue weighted by atomic mass is 16.2. The topological polar surface area (TPSA) is 46.1 Å². The van der Waals surface area contributed by atoms with Crippen LogP contribution in [0.1, 0.15) is 24.6 Å². The lowest BCUT2D eigenvalue weighted by atomic mass is 10.1. The van der Waals surface area contributed by atoms with E-state index < -0.39 is 0 Å². The number of urea groups is 1. The van der Waals surface area contributed by atoms with Crippen LogP contribution < -0.4 is 10.6 Å². The van der Waals surface area contributed by atoms with Gasteiger partial charge in [0.15, 0.2) is 0 Å².